The van der Waals surface area contributed by atoms with Crippen LogP contribution in [0, 0.1) is 33.2 Å². The first-order chi connectivity index (χ1) is 5.65. The minimum Gasteiger partial charge on any atom is -0.521 e. The molecule has 1 aromatic carbocycles. The second-order valence-electron chi connectivity index (χ2n) is 2.53. The third kappa shape index (κ3) is 3.75. The third-order valence-corrected chi connectivity index (χ3v) is 1.50. The Bertz CT molecular complexity index is 266. The van der Waals surface area contributed by atoms with Crippen molar-refractivity contribution >= 4 is 0 Å². The first kappa shape index (κ1) is 16.0. The molecule has 14 heavy (non-hydrogen) atoms. The standard InChI is InChI=1S/C9H9F2O.CH3.W/c1-6-3-7(2)9(12-5-10)8(11)4-6;;/h3H,5H2,1-2H3;1H3;/q2*-1;+2. The Hall–Kier alpha value is -0.432. The quantitative estimate of drug-likeness (QED) is 0.728. The molecule has 1 nitrogen and oxygen atoms in total. The van der Waals surface area contributed by atoms with Crippen molar-refractivity contribution in [3.05, 3.63) is 36.5 Å². The van der Waals surface area contributed by atoms with E-state index in [9.17, 15) is 8.78 Å². The fourth-order valence-corrected chi connectivity index (χ4v) is 1.06. The molecule has 0 saturated heterocycles. The van der Waals surface area contributed by atoms with Gasteiger partial charge in [0.05, 0.1) is 5.82 Å². The molecule has 0 atom stereocenters. The smallest absolute Gasteiger partial charge is 0.521 e. The van der Waals surface area contributed by atoms with Crippen LogP contribution in [0.1, 0.15) is 11.1 Å². The van der Waals surface area contributed by atoms with E-state index in [4.69, 9.17) is 0 Å². The minimum absolute atomic E-state index is 0. The first-order valence-electron chi connectivity index (χ1n) is 3.53. The molecule has 0 unspecified atom stereocenters. The first-order valence-corrected chi connectivity index (χ1v) is 3.53. The van der Waals surface area contributed by atoms with E-state index < -0.39 is 12.7 Å². The second kappa shape index (κ2) is 6.94. The number of aryl methyl sites for hydroxylation is 2. The van der Waals surface area contributed by atoms with Crippen molar-refractivity contribution in [2.45, 2.75) is 13.8 Å². The Kier molecular flexibility index (Phi) is 7.94. The maximum absolute atomic E-state index is 13.0. The van der Waals surface area contributed by atoms with Crippen molar-refractivity contribution in [3.8, 4) is 5.75 Å². The van der Waals surface area contributed by atoms with E-state index in [0.717, 1.165) is 0 Å². The van der Waals surface area contributed by atoms with Crippen LogP contribution in [0.4, 0.5) is 8.78 Å². The maximum atomic E-state index is 13.0. The molecule has 0 radical (unpaired) electrons. The van der Waals surface area contributed by atoms with Gasteiger partial charge in [-0.15, -0.1) is 11.6 Å². The van der Waals surface area contributed by atoms with Crippen molar-refractivity contribution in [3.63, 3.8) is 0 Å². The average Bonchev–Trinajstić information content (AvgIpc) is 1.96. The number of ether oxygens (including phenoxy) is 1. The predicted octanol–water partition coefficient (Wildman–Crippen LogP) is 3.00. The van der Waals surface area contributed by atoms with Crippen molar-refractivity contribution in [1.82, 2.24) is 0 Å². The number of rotatable bonds is 2. The van der Waals surface area contributed by atoms with Gasteiger partial charge in [-0.3, -0.25) is 0 Å². The summed E-state index contributed by atoms with van der Waals surface area (Å²) in [4.78, 5) is 0. The van der Waals surface area contributed by atoms with Gasteiger partial charge in [0, 0.05) is 5.75 Å². The molecule has 0 heterocycles. The molecule has 0 aliphatic carbocycles. The number of hydrogen-bond acceptors (Lipinski definition) is 1. The van der Waals surface area contributed by atoms with Crippen LogP contribution in [0.2, 0.25) is 0 Å². The molecule has 0 bridgehead atoms. The van der Waals surface area contributed by atoms with Gasteiger partial charge < -0.3 is 12.2 Å². The van der Waals surface area contributed by atoms with Gasteiger partial charge in [-0.1, -0.05) is 13.8 Å². The summed E-state index contributed by atoms with van der Waals surface area (Å²) in [6.07, 6.45) is 0. The second-order valence-corrected chi connectivity index (χ2v) is 2.53. The minimum atomic E-state index is -1.02. The van der Waals surface area contributed by atoms with Crippen molar-refractivity contribution in [2.75, 3.05) is 6.86 Å². The number of hydrogen-bond donors (Lipinski definition) is 0. The van der Waals surface area contributed by atoms with E-state index in [-0.39, 0.29) is 34.2 Å². The summed E-state index contributed by atoms with van der Waals surface area (Å²) in [5.41, 5.74) is 1.26. The molecule has 0 aliphatic heterocycles. The zero-order chi connectivity index (χ0) is 9.14. The molecule has 0 amide bonds. The van der Waals surface area contributed by atoms with Gasteiger partial charge in [-0.2, -0.15) is 11.6 Å². The van der Waals surface area contributed by atoms with E-state index in [1.54, 1.807) is 19.9 Å². The summed E-state index contributed by atoms with van der Waals surface area (Å²) in [7, 11) is 0. The van der Waals surface area contributed by atoms with Crippen LogP contribution in [0.25, 0.3) is 0 Å². The van der Waals surface area contributed by atoms with Gasteiger partial charge in [0.25, 0.3) is 0 Å². The zero-order valence-corrected chi connectivity index (χ0v) is 11.3. The summed E-state index contributed by atoms with van der Waals surface area (Å²) in [5, 5.41) is 0. The van der Waals surface area contributed by atoms with E-state index >= 15 is 0 Å². The van der Waals surface area contributed by atoms with Gasteiger partial charge in [-0.05, 0) is 0 Å². The fraction of sp³-hybridized carbons (Fsp3) is 0.300. The van der Waals surface area contributed by atoms with Crippen LogP contribution in [0.5, 0.6) is 5.75 Å². The van der Waals surface area contributed by atoms with E-state index in [0.29, 0.717) is 11.1 Å². The number of alkyl halides is 1. The molecule has 4 heteroatoms. The molecule has 78 valence electrons. The van der Waals surface area contributed by atoms with Crippen molar-refractivity contribution in [1.29, 1.82) is 0 Å². The topological polar surface area (TPSA) is 9.23 Å². The van der Waals surface area contributed by atoms with Gasteiger partial charge in [0.2, 0.25) is 6.86 Å². The SMILES string of the molecule is Cc1[c-]c(F)c(OCF)c(C)c1.[CH3-].[W+2]. The fourth-order valence-electron chi connectivity index (χ4n) is 1.06. The van der Waals surface area contributed by atoms with Crippen LogP contribution in [-0.4, -0.2) is 6.86 Å². The Morgan fingerprint density at radius 2 is 2.00 bits per heavy atom. The Morgan fingerprint density at radius 1 is 1.43 bits per heavy atom. The number of halogens is 2. The Labute approximate surface area is 97.7 Å². The van der Waals surface area contributed by atoms with Crippen LogP contribution in [-0.2, 0) is 21.1 Å². The molecule has 0 fully saturated rings. The summed E-state index contributed by atoms with van der Waals surface area (Å²) >= 11 is 0. The monoisotopic (exact) mass is 370 g/mol. The van der Waals surface area contributed by atoms with Crippen LogP contribution in [0.3, 0.4) is 0 Å². The summed E-state index contributed by atoms with van der Waals surface area (Å²) in [6.45, 7) is 2.36. The van der Waals surface area contributed by atoms with Crippen LogP contribution in [0.15, 0.2) is 6.07 Å². The Balaban J connectivity index is 0. The van der Waals surface area contributed by atoms with Gasteiger partial charge >= 0.3 is 21.1 Å². The van der Waals surface area contributed by atoms with Crippen molar-refractivity contribution < 1.29 is 34.6 Å². The van der Waals surface area contributed by atoms with Gasteiger partial charge in [0.1, 0.15) is 0 Å². The molecule has 0 spiro atoms. The van der Waals surface area contributed by atoms with E-state index in [1.807, 2.05) is 0 Å². The van der Waals surface area contributed by atoms with Crippen LogP contribution >= 0.6 is 0 Å². The largest absolute Gasteiger partial charge is 2.00 e. The molecule has 0 aliphatic rings. The molecular weight excluding hydrogens is 358 g/mol. The maximum Gasteiger partial charge on any atom is 2.00 e. The third-order valence-electron chi connectivity index (χ3n) is 1.50. The molecule has 0 saturated carbocycles. The molecule has 0 N–H and O–H groups in total. The molecule has 1 aromatic rings. The number of benzene rings is 1. The van der Waals surface area contributed by atoms with E-state index in [2.05, 4.69) is 10.8 Å². The summed E-state index contributed by atoms with van der Waals surface area (Å²) < 4.78 is 29.1. The van der Waals surface area contributed by atoms with Gasteiger partial charge in [-0.25, -0.2) is 8.78 Å². The predicted molar refractivity (Wildman–Crippen MR) is 47.7 cm³/mol. The molecule has 1 rings (SSSR count). The van der Waals surface area contributed by atoms with E-state index in [1.165, 1.54) is 0 Å². The summed E-state index contributed by atoms with van der Waals surface area (Å²) in [5.74, 6) is -0.687. The van der Waals surface area contributed by atoms with Crippen molar-refractivity contribution in [2.24, 2.45) is 0 Å². The van der Waals surface area contributed by atoms with Gasteiger partial charge in [0.15, 0.2) is 0 Å². The van der Waals surface area contributed by atoms with Crippen LogP contribution < -0.4 is 4.74 Å². The molecule has 0 aromatic heterocycles. The summed E-state index contributed by atoms with van der Waals surface area (Å²) in [6, 6.07) is 4.09. The zero-order valence-electron chi connectivity index (χ0n) is 8.36. The Morgan fingerprint density at radius 3 is 2.43 bits per heavy atom. The average molecular weight is 370 g/mol. The normalized spacial score (nSPS) is 8.57. The molecular formula is C10H12F2OW.